The smallest absolute Gasteiger partial charge is 0.0991 e. The summed E-state index contributed by atoms with van der Waals surface area (Å²) in [6.07, 6.45) is 5.11. The van der Waals surface area contributed by atoms with Crippen LogP contribution in [0.4, 0.5) is 0 Å². The van der Waals surface area contributed by atoms with Crippen LogP contribution in [-0.4, -0.2) is 31.2 Å². The molecule has 0 aromatic heterocycles. The van der Waals surface area contributed by atoms with Gasteiger partial charge in [-0.25, -0.2) is 0 Å². The highest BCUT2D eigenvalue weighted by Crippen LogP contribution is 2.40. The van der Waals surface area contributed by atoms with Crippen molar-refractivity contribution in [3.8, 4) is 17.2 Å². The number of hydrogen-bond acceptors (Lipinski definition) is 3. The second-order valence-corrected chi connectivity index (χ2v) is 7.78. The lowest BCUT2D eigenvalue weighted by Gasteiger charge is -2.44. The van der Waals surface area contributed by atoms with Crippen molar-refractivity contribution in [2.24, 2.45) is 5.41 Å². The third kappa shape index (κ3) is 3.82. The first kappa shape index (κ1) is 17.3. The van der Waals surface area contributed by atoms with Crippen molar-refractivity contribution in [2.45, 2.75) is 32.2 Å². The van der Waals surface area contributed by atoms with E-state index in [9.17, 15) is 0 Å². The summed E-state index contributed by atoms with van der Waals surface area (Å²) in [5.74, 6) is 0. The number of piperidine rings is 1. The molecule has 2 fully saturated rings. The van der Waals surface area contributed by atoms with Crippen molar-refractivity contribution >= 4 is 0 Å². The lowest BCUT2D eigenvalue weighted by Crippen LogP contribution is -2.42. The number of benzene rings is 2. The van der Waals surface area contributed by atoms with Crippen LogP contribution in [0.5, 0.6) is 0 Å². The van der Waals surface area contributed by atoms with Crippen LogP contribution in [-0.2, 0) is 11.3 Å². The van der Waals surface area contributed by atoms with Gasteiger partial charge in [0.2, 0.25) is 0 Å². The monoisotopic (exact) mass is 346 g/mol. The summed E-state index contributed by atoms with van der Waals surface area (Å²) >= 11 is 0. The molecule has 0 aliphatic carbocycles. The molecular weight excluding hydrogens is 320 g/mol. The van der Waals surface area contributed by atoms with Gasteiger partial charge in [-0.1, -0.05) is 30.3 Å². The minimum atomic E-state index is 0.555. The van der Waals surface area contributed by atoms with E-state index in [2.05, 4.69) is 35.2 Å². The molecule has 3 nitrogen and oxygen atoms in total. The molecular formula is C23H26N2O. The molecule has 26 heavy (non-hydrogen) atoms. The molecule has 2 aromatic carbocycles. The average molecular weight is 346 g/mol. The maximum Gasteiger partial charge on any atom is 0.0991 e. The standard InChI is InChI=1S/C23H26N2O/c24-17-19-4-6-21(7-5-19)22-3-1-2-20(16-22)18-25-12-8-23(9-13-25)10-14-26-15-11-23/h1-7,16H,8-15,18H2. The molecule has 0 bridgehead atoms. The van der Waals surface area contributed by atoms with E-state index in [0.717, 1.165) is 19.8 Å². The molecule has 0 amide bonds. The van der Waals surface area contributed by atoms with E-state index in [4.69, 9.17) is 10.00 Å². The number of nitrogens with zero attached hydrogens (tertiary/aromatic N) is 2. The second-order valence-electron chi connectivity index (χ2n) is 7.78. The maximum atomic E-state index is 8.96. The summed E-state index contributed by atoms with van der Waals surface area (Å²) in [6.45, 7) is 5.32. The summed E-state index contributed by atoms with van der Waals surface area (Å²) in [5, 5.41) is 8.96. The number of hydrogen-bond donors (Lipinski definition) is 0. The fraction of sp³-hybridized carbons (Fsp3) is 0.435. The molecule has 1 spiro atoms. The Morgan fingerprint density at radius 3 is 2.35 bits per heavy atom. The maximum absolute atomic E-state index is 8.96. The lowest BCUT2D eigenvalue weighted by atomic mass is 9.72. The van der Waals surface area contributed by atoms with Crippen molar-refractivity contribution in [1.29, 1.82) is 5.26 Å². The summed E-state index contributed by atoms with van der Waals surface area (Å²) < 4.78 is 5.56. The van der Waals surface area contributed by atoms with Crippen LogP contribution in [0.3, 0.4) is 0 Å². The molecule has 0 atom stereocenters. The van der Waals surface area contributed by atoms with Gasteiger partial charge in [0.1, 0.15) is 0 Å². The molecule has 2 aromatic rings. The zero-order chi connectivity index (χ0) is 17.8. The van der Waals surface area contributed by atoms with Gasteiger partial charge in [0.05, 0.1) is 11.6 Å². The molecule has 2 aliphatic rings. The Labute approximate surface area is 156 Å². The van der Waals surface area contributed by atoms with Crippen LogP contribution in [0, 0.1) is 16.7 Å². The number of ether oxygens (including phenoxy) is 1. The molecule has 4 rings (SSSR count). The summed E-state index contributed by atoms with van der Waals surface area (Å²) in [5.41, 5.74) is 5.03. The van der Waals surface area contributed by atoms with Crippen LogP contribution >= 0.6 is 0 Å². The van der Waals surface area contributed by atoms with Gasteiger partial charge in [-0.05, 0) is 79.1 Å². The minimum absolute atomic E-state index is 0.555. The number of nitriles is 1. The quantitative estimate of drug-likeness (QED) is 0.814. The van der Waals surface area contributed by atoms with E-state index < -0.39 is 0 Å². The van der Waals surface area contributed by atoms with E-state index in [1.807, 2.05) is 24.3 Å². The van der Waals surface area contributed by atoms with Gasteiger partial charge in [-0.2, -0.15) is 5.26 Å². The fourth-order valence-corrected chi connectivity index (χ4v) is 4.33. The Kier molecular flexibility index (Phi) is 5.06. The normalized spacial score (nSPS) is 20.0. The Bertz CT molecular complexity index is 775. The second kappa shape index (κ2) is 7.61. The SMILES string of the molecule is N#Cc1ccc(-c2cccc(CN3CCC4(CCOCC4)CC3)c2)cc1. The fourth-order valence-electron chi connectivity index (χ4n) is 4.33. The summed E-state index contributed by atoms with van der Waals surface area (Å²) in [4.78, 5) is 2.60. The Morgan fingerprint density at radius 1 is 0.923 bits per heavy atom. The highest BCUT2D eigenvalue weighted by Gasteiger charge is 2.35. The molecule has 0 unspecified atom stereocenters. The van der Waals surface area contributed by atoms with Gasteiger partial charge in [-0.15, -0.1) is 0 Å². The third-order valence-corrected chi connectivity index (χ3v) is 6.15. The van der Waals surface area contributed by atoms with Gasteiger partial charge in [0.15, 0.2) is 0 Å². The van der Waals surface area contributed by atoms with Crippen LogP contribution in [0.25, 0.3) is 11.1 Å². The topological polar surface area (TPSA) is 36.3 Å². The lowest BCUT2D eigenvalue weighted by molar-refractivity contribution is -0.0217. The van der Waals surface area contributed by atoms with Crippen LogP contribution in [0.1, 0.15) is 36.8 Å². The number of likely N-dealkylation sites (tertiary alicyclic amines) is 1. The third-order valence-electron chi connectivity index (χ3n) is 6.15. The van der Waals surface area contributed by atoms with Gasteiger partial charge >= 0.3 is 0 Å². The van der Waals surface area contributed by atoms with E-state index in [1.54, 1.807) is 0 Å². The Morgan fingerprint density at radius 2 is 1.65 bits per heavy atom. The summed E-state index contributed by atoms with van der Waals surface area (Å²) in [7, 11) is 0. The molecule has 2 saturated heterocycles. The molecule has 0 N–H and O–H groups in total. The largest absolute Gasteiger partial charge is 0.381 e. The zero-order valence-electron chi connectivity index (χ0n) is 15.3. The first-order valence-electron chi connectivity index (χ1n) is 9.66. The predicted octanol–water partition coefficient (Wildman–Crippen LogP) is 4.62. The summed E-state index contributed by atoms with van der Waals surface area (Å²) in [6, 6.07) is 18.8. The van der Waals surface area contributed by atoms with E-state index in [0.29, 0.717) is 11.0 Å². The highest BCUT2D eigenvalue weighted by atomic mass is 16.5. The Hall–Kier alpha value is -2.15. The van der Waals surface area contributed by atoms with Gasteiger partial charge in [0.25, 0.3) is 0 Å². The van der Waals surface area contributed by atoms with Crippen molar-refractivity contribution < 1.29 is 4.74 Å². The van der Waals surface area contributed by atoms with Crippen molar-refractivity contribution in [2.75, 3.05) is 26.3 Å². The molecule has 0 saturated carbocycles. The number of rotatable bonds is 3. The van der Waals surface area contributed by atoms with E-state index >= 15 is 0 Å². The van der Waals surface area contributed by atoms with Gasteiger partial charge in [-0.3, -0.25) is 4.90 Å². The van der Waals surface area contributed by atoms with Crippen LogP contribution in [0.15, 0.2) is 48.5 Å². The van der Waals surface area contributed by atoms with Crippen molar-refractivity contribution in [1.82, 2.24) is 4.90 Å². The van der Waals surface area contributed by atoms with Gasteiger partial charge < -0.3 is 4.74 Å². The first-order chi connectivity index (χ1) is 12.8. The predicted molar refractivity (Wildman–Crippen MR) is 104 cm³/mol. The minimum Gasteiger partial charge on any atom is -0.381 e. The first-order valence-corrected chi connectivity index (χ1v) is 9.66. The Balaban J connectivity index is 1.40. The molecule has 2 heterocycles. The van der Waals surface area contributed by atoms with Crippen molar-refractivity contribution in [3.63, 3.8) is 0 Å². The highest BCUT2D eigenvalue weighted by molar-refractivity contribution is 5.65. The molecule has 3 heteroatoms. The van der Waals surface area contributed by atoms with E-state index in [1.165, 1.54) is 55.5 Å². The molecule has 134 valence electrons. The van der Waals surface area contributed by atoms with Crippen molar-refractivity contribution in [3.05, 3.63) is 59.7 Å². The van der Waals surface area contributed by atoms with E-state index in [-0.39, 0.29) is 0 Å². The van der Waals surface area contributed by atoms with Crippen LogP contribution < -0.4 is 0 Å². The molecule has 2 aliphatic heterocycles. The zero-order valence-corrected chi connectivity index (χ0v) is 15.3. The average Bonchev–Trinajstić information content (AvgIpc) is 2.71. The molecule has 0 radical (unpaired) electrons. The van der Waals surface area contributed by atoms with Gasteiger partial charge in [0, 0.05) is 19.8 Å². The van der Waals surface area contributed by atoms with Crippen LogP contribution in [0.2, 0.25) is 0 Å².